The van der Waals surface area contributed by atoms with Crippen molar-refractivity contribution in [3.05, 3.63) is 65.4 Å². The predicted molar refractivity (Wildman–Crippen MR) is 227 cm³/mol. The van der Waals surface area contributed by atoms with Gasteiger partial charge in [0.2, 0.25) is 11.8 Å². The Hall–Kier alpha value is -5.88. The summed E-state index contributed by atoms with van der Waals surface area (Å²) in [5, 5.41) is 28.5. The molecule has 338 valence electrons. The van der Waals surface area contributed by atoms with Crippen LogP contribution in [0, 0.1) is 17.8 Å². The lowest BCUT2D eigenvalue weighted by Crippen LogP contribution is -2.47. The molecule has 3 aliphatic heterocycles. The van der Waals surface area contributed by atoms with Crippen molar-refractivity contribution in [3.63, 3.8) is 0 Å². The van der Waals surface area contributed by atoms with Crippen LogP contribution in [0.3, 0.4) is 0 Å². The first-order chi connectivity index (χ1) is 31.0. The van der Waals surface area contributed by atoms with Crippen LogP contribution < -0.4 is 15.5 Å². The summed E-state index contributed by atoms with van der Waals surface area (Å²) in [4.78, 5) is 46.5. The summed E-state index contributed by atoms with van der Waals surface area (Å²) in [7, 11) is 1.79. The lowest BCUT2D eigenvalue weighted by molar-refractivity contribution is -0.134. The van der Waals surface area contributed by atoms with E-state index in [9.17, 15) is 28.3 Å². The first-order valence-electron chi connectivity index (χ1n) is 21.8. The van der Waals surface area contributed by atoms with Crippen LogP contribution in [-0.2, 0) is 26.1 Å². The van der Waals surface area contributed by atoms with Crippen LogP contribution in [0.2, 0.25) is 0 Å². The van der Waals surface area contributed by atoms with E-state index in [1.807, 2.05) is 23.1 Å². The van der Waals surface area contributed by atoms with Gasteiger partial charge in [0.1, 0.15) is 24.2 Å². The second-order valence-electron chi connectivity index (χ2n) is 17.0. The van der Waals surface area contributed by atoms with Gasteiger partial charge >= 0.3 is 0 Å². The largest absolute Gasteiger partial charge is 0.394 e. The summed E-state index contributed by atoms with van der Waals surface area (Å²) >= 11 is 0. The molecular weight excluding hydrogens is 836 g/mol. The number of imide groups is 1. The fourth-order valence-corrected chi connectivity index (χ4v) is 9.49. The van der Waals surface area contributed by atoms with Crippen molar-refractivity contribution in [2.45, 2.75) is 81.7 Å². The van der Waals surface area contributed by atoms with Crippen molar-refractivity contribution in [3.8, 4) is 11.8 Å². The average Bonchev–Trinajstić information content (AvgIpc) is 4.01. The number of morpholine rings is 1. The van der Waals surface area contributed by atoms with Gasteiger partial charge in [0.25, 0.3) is 12.3 Å². The first-order valence-corrected chi connectivity index (χ1v) is 21.8. The number of halogens is 3. The third-order valence-corrected chi connectivity index (χ3v) is 12.8. The molecule has 0 radical (unpaired) electrons. The number of aliphatic hydroxyl groups excluding tert-OH is 1. The Morgan fingerprint density at radius 2 is 1.94 bits per heavy atom. The molecule has 64 heavy (non-hydrogen) atoms. The summed E-state index contributed by atoms with van der Waals surface area (Å²) < 4.78 is 60.2. The van der Waals surface area contributed by atoms with E-state index in [-0.39, 0.29) is 67.0 Å². The molecule has 3 saturated heterocycles. The number of anilines is 2. The highest BCUT2D eigenvalue weighted by atomic mass is 19.3. The topological polar surface area (TPSA) is 186 Å². The molecule has 0 spiro atoms. The number of likely N-dealkylation sites (tertiary alicyclic amines) is 1. The molecule has 1 aliphatic carbocycles. The number of rotatable bonds is 11. The Kier molecular flexibility index (Phi) is 12.7. The van der Waals surface area contributed by atoms with E-state index in [0.717, 1.165) is 30.3 Å². The molecule has 3 amide bonds. The zero-order valence-electron chi connectivity index (χ0n) is 35.3. The molecule has 1 aromatic carbocycles. The van der Waals surface area contributed by atoms with Crippen LogP contribution in [0.15, 0.2) is 42.9 Å². The van der Waals surface area contributed by atoms with E-state index in [4.69, 9.17) is 9.47 Å². The monoisotopic (exact) mass is 885 g/mol. The quantitative estimate of drug-likeness (QED) is 0.129. The summed E-state index contributed by atoms with van der Waals surface area (Å²) in [6, 6.07) is 7.22. The van der Waals surface area contributed by atoms with E-state index in [1.54, 1.807) is 24.0 Å². The first kappa shape index (κ1) is 43.4. The van der Waals surface area contributed by atoms with Crippen LogP contribution in [0.4, 0.5) is 24.7 Å². The number of nitrogens with zero attached hydrogens (tertiary/aromatic N) is 9. The molecule has 0 unspecified atom stereocenters. The Labute approximate surface area is 366 Å². The van der Waals surface area contributed by atoms with Gasteiger partial charge in [-0.3, -0.25) is 34.0 Å². The lowest BCUT2D eigenvalue weighted by atomic mass is 9.85. The fourth-order valence-electron chi connectivity index (χ4n) is 9.49. The Morgan fingerprint density at radius 3 is 2.72 bits per heavy atom. The van der Waals surface area contributed by atoms with Gasteiger partial charge in [0, 0.05) is 64.0 Å². The highest BCUT2D eigenvalue weighted by Crippen LogP contribution is 2.36. The summed E-state index contributed by atoms with van der Waals surface area (Å²) in [5.41, 5.74) is 1.87. The van der Waals surface area contributed by atoms with Crippen molar-refractivity contribution >= 4 is 45.8 Å². The highest BCUT2D eigenvalue weighted by Gasteiger charge is 2.34. The number of alkyl halides is 3. The van der Waals surface area contributed by atoms with Crippen molar-refractivity contribution in [1.29, 1.82) is 0 Å². The number of fused-ring (bicyclic) bond motifs is 2. The molecule has 20 heteroatoms. The Balaban J connectivity index is 0.756. The maximum Gasteiger partial charge on any atom is 0.284 e. The van der Waals surface area contributed by atoms with E-state index < -0.39 is 36.2 Å². The van der Waals surface area contributed by atoms with E-state index in [1.165, 1.54) is 21.6 Å². The Bertz CT molecular complexity index is 2590. The third kappa shape index (κ3) is 9.07. The zero-order chi connectivity index (χ0) is 44.5. The van der Waals surface area contributed by atoms with Gasteiger partial charge in [0.15, 0.2) is 11.3 Å². The molecule has 4 fully saturated rings. The number of aliphatic hydroxyl groups is 1. The minimum atomic E-state index is -2.92. The number of aromatic nitrogens is 7. The SMILES string of the molecule is Cn1nc([C@H]2CCC(=O)NC2=O)c2cccc(C#CCO[C@@H]3CCN(C[C@H]4CC[C@H](n5cc(NC(=O)c6cnn7ccc(N8CCO[C@@H](CO)C8)nc67)c(C(F)F)n5)CC4)C[C@@H]3F)c21. The fraction of sp³-hybridized carbons (Fsp3) is 0.523. The average molecular weight is 886 g/mol. The minimum Gasteiger partial charge on any atom is -0.394 e. The number of amides is 3. The number of aryl methyl sites for hydroxylation is 1. The molecule has 1 saturated carbocycles. The maximum absolute atomic E-state index is 15.5. The van der Waals surface area contributed by atoms with Crippen LogP contribution in [-0.4, -0.2) is 133 Å². The Morgan fingerprint density at radius 1 is 1.09 bits per heavy atom. The van der Waals surface area contributed by atoms with Crippen molar-refractivity contribution in [1.82, 2.24) is 44.4 Å². The number of para-hydroxylation sites is 1. The number of nitrogens with one attached hydrogen (secondary N) is 2. The highest BCUT2D eigenvalue weighted by molar-refractivity contribution is 6.08. The number of benzene rings is 1. The number of hydrogen-bond acceptors (Lipinski definition) is 12. The van der Waals surface area contributed by atoms with Crippen molar-refractivity contribution < 1.29 is 42.1 Å². The predicted octanol–water partition coefficient (Wildman–Crippen LogP) is 3.93. The number of ether oxygens (including phenoxy) is 2. The zero-order valence-corrected chi connectivity index (χ0v) is 35.3. The van der Waals surface area contributed by atoms with Crippen molar-refractivity contribution in [2.75, 3.05) is 62.8 Å². The standard InChI is InChI=1S/C44H50F3N11O6/c1-54-40-27(4-2-6-30(40)38(52-54)31-11-12-37(60)51-43(31)61)5-3-18-64-35-13-15-55(23-33(35)45)21-26-7-9-28(10-8-26)58-24-34(39(53-58)41(46)47)49-44(62)32-20-48-57-16-14-36(50-42(32)57)56-17-19-63-29(22-56)25-59/h2,4,6,14,16,20,24,26,28-29,31,33,35,41,59H,7-13,15,17-19,21-23,25H2,1H3,(H,49,62)(H,51,60,61)/t26-,28-,29-,31-,33+,35-/m1/s1. The maximum atomic E-state index is 15.5. The summed E-state index contributed by atoms with van der Waals surface area (Å²) in [5.74, 6) is 5.25. The molecule has 3 N–H and O–H groups in total. The smallest absolute Gasteiger partial charge is 0.284 e. The van der Waals surface area contributed by atoms with E-state index in [2.05, 4.69) is 47.7 Å². The second-order valence-corrected chi connectivity index (χ2v) is 17.0. The van der Waals surface area contributed by atoms with Gasteiger partial charge in [-0.15, -0.1) is 0 Å². The van der Waals surface area contributed by atoms with Crippen LogP contribution in [0.5, 0.6) is 0 Å². The van der Waals surface area contributed by atoms with Gasteiger partial charge in [-0.05, 0) is 56.6 Å². The molecule has 4 atom stereocenters. The molecule has 4 aliphatic rings. The van der Waals surface area contributed by atoms with E-state index in [0.29, 0.717) is 74.9 Å². The van der Waals surface area contributed by atoms with E-state index >= 15 is 4.39 Å². The molecule has 17 nitrogen and oxygen atoms in total. The molecule has 5 aromatic rings. The van der Waals surface area contributed by atoms with Crippen LogP contribution in [0.25, 0.3) is 16.6 Å². The van der Waals surface area contributed by atoms with Crippen LogP contribution in [0.1, 0.15) is 90.6 Å². The van der Waals surface area contributed by atoms with Crippen LogP contribution >= 0.6 is 0 Å². The summed E-state index contributed by atoms with van der Waals surface area (Å²) in [6.45, 7) is 2.95. The van der Waals surface area contributed by atoms with Gasteiger partial charge in [-0.2, -0.15) is 15.3 Å². The number of hydrogen-bond donors (Lipinski definition) is 3. The van der Waals surface area contributed by atoms with Gasteiger partial charge in [-0.25, -0.2) is 22.7 Å². The van der Waals surface area contributed by atoms with Gasteiger partial charge < -0.3 is 24.8 Å². The number of piperidine rings is 2. The normalized spacial score (nSPS) is 24.6. The van der Waals surface area contributed by atoms with Crippen molar-refractivity contribution in [2.24, 2.45) is 13.0 Å². The number of carbonyl (C=O) groups excluding carboxylic acids is 3. The van der Waals surface area contributed by atoms with Gasteiger partial charge in [0.05, 0.1) is 66.0 Å². The van der Waals surface area contributed by atoms with Gasteiger partial charge in [-0.1, -0.05) is 24.0 Å². The molecule has 9 rings (SSSR count). The third-order valence-electron chi connectivity index (χ3n) is 12.8. The molecule has 0 bridgehead atoms. The minimum absolute atomic E-state index is 0.0522. The summed E-state index contributed by atoms with van der Waals surface area (Å²) in [6.07, 6.45) is 3.64. The molecule has 7 heterocycles. The second kappa shape index (κ2) is 18.7. The number of carbonyl (C=O) groups is 3. The molecular formula is C44H50F3N11O6. The lowest BCUT2D eigenvalue weighted by Gasteiger charge is -2.38. The molecule has 4 aromatic heterocycles.